The minimum absolute atomic E-state index is 0.134. The summed E-state index contributed by atoms with van der Waals surface area (Å²) in [6, 6.07) is 6.84. The lowest BCUT2D eigenvalue weighted by Crippen LogP contribution is -2.21. The van der Waals surface area contributed by atoms with Crippen LogP contribution in [0.4, 0.5) is 5.69 Å². The van der Waals surface area contributed by atoms with E-state index in [1.807, 2.05) is 0 Å². The zero-order valence-electron chi connectivity index (χ0n) is 9.07. The second kappa shape index (κ2) is 4.03. The number of rotatable bonds is 2. The summed E-state index contributed by atoms with van der Waals surface area (Å²) in [6.07, 6.45) is 0. The van der Waals surface area contributed by atoms with Crippen molar-refractivity contribution in [1.82, 2.24) is 4.90 Å². The summed E-state index contributed by atoms with van der Waals surface area (Å²) in [7, 11) is 0. The minimum Gasteiger partial charge on any atom is -0.348 e. The predicted octanol–water partition coefficient (Wildman–Crippen LogP) is 2.05. The van der Waals surface area contributed by atoms with Crippen molar-refractivity contribution in [3.63, 3.8) is 0 Å². The molecule has 88 valence electrons. The van der Waals surface area contributed by atoms with Crippen LogP contribution in [0.3, 0.4) is 0 Å². The summed E-state index contributed by atoms with van der Waals surface area (Å²) in [4.78, 5) is 17.1. The Bertz CT molecular complexity index is 486. The molecule has 0 aromatic heterocycles. The molecule has 2 heterocycles. The van der Waals surface area contributed by atoms with Gasteiger partial charge in [0, 0.05) is 31.0 Å². The molecule has 0 spiro atoms. The van der Waals surface area contributed by atoms with E-state index in [1.165, 1.54) is 0 Å². The standard InChI is InChI=1S/C11H11N3O2S/c15-14(16)9-3-1-8(2-4-9)10-7-13-5-6-17-11(13)12-10/h1-4,10H,5-7H2/t10-/m1/s1. The summed E-state index contributed by atoms with van der Waals surface area (Å²) in [5.41, 5.74) is 1.19. The number of amidine groups is 1. The molecule has 0 unspecified atom stereocenters. The van der Waals surface area contributed by atoms with Gasteiger partial charge >= 0.3 is 0 Å². The van der Waals surface area contributed by atoms with Crippen molar-refractivity contribution in [2.75, 3.05) is 18.8 Å². The number of benzene rings is 1. The van der Waals surface area contributed by atoms with Crippen LogP contribution in [0.2, 0.25) is 0 Å². The lowest BCUT2D eigenvalue weighted by Gasteiger charge is -2.12. The number of hydrogen-bond donors (Lipinski definition) is 0. The van der Waals surface area contributed by atoms with Crippen LogP contribution in [0.15, 0.2) is 29.3 Å². The first-order chi connectivity index (χ1) is 8.24. The zero-order chi connectivity index (χ0) is 11.8. The van der Waals surface area contributed by atoms with Gasteiger partial charge in [-0.25, -0.2) is 0 Å². The van der Waals surface area contributed by atoms with Crippen molar-refractivity contribution in [1.29, 1.82) is 0 Å². The molecule has 2 aliphatic heterocycles. The van der Waals surface area contributed by atoms with E-state index >= 15 is 0 Å². The molecule has 5 nitrogen and oxygen atoms in total. The molecular formula is C11H11N3O2S. The Morgan fingerprint density at radius 2 is 2.18 bits per heavy atom. The SMILES string of the molecule is O=[N+]([O-])c1ccc([C@H]2CN3CCSC3=N2)cc1. The summed E-state index contributed by atoms with van der Waals surface area (Å²) in [5, 5.41) is 11.7. The van der Waals surface area contributed by atoms with Crippen molar-refractivity contribution < 1.29 is 4.92 Å². The molecule has 0 amide bonds. The van der Waals surface area contributed by atoms with Crippen LogP contribution in [0.1, 0.15) is 11.6 Å². The zero-order valence-corrected chi connectivity index (χ0v) is 9.89. The lowest BCUT2D eigenvalue weighted by molar-refractivity contribution is -0.384. The highest BCUT2D eigenvalue weighted by molar-refractivity contribution is 8.14. The fraction of sp³-hybridized carbons (Fsp3) is 0.364. The molecule has 1 aromatic rings. The number of non-ortho nitro benzene ring substituents is 1. The normalized spacial score (nSPS) is 22.5. The summed E-state index contributed by atoms with van der Waals surface area (Å²) < 4.78 is 0. The summed E-state index contributed by atoms with van der Waals surface area (Å²) in [5.74, 6) is 1.12. The molecule has 0 radical (unpaired) electrons. The monoisotopic (exact) mass is 249 g/mol. The summed E-state index contributed by atoms with van der Waals surface area (Å²) in [6.45, 7) is 1.97. The van der Waals surface area contributed by atoms with Crippen molar-refractivity contribution in [3.8, 4) is 0 Å². The Labute approximate surface area is 103 Å². The minimum atomic E-state index is -0.377. The third-order valence-corrected chi connectivity index (χ3v) is 4.02. The molecular weight excluding hydrogens is 238 g/mol. The van der Waals surface area contributed by atoms with Crippen LogP contribution in [0.25, 0.3) is 0 Å². The fourth-order valence-corrected chi connectivity index (χ4v) is 3.15. The Morgan fingerprint density at radius 3 is 2.82 bits per heavy atom. The van der Waals surface area contributed by atoms with E-state index in [0.717, 1.165) is 29.6 Å². The summed E-state index contributed by atoms with van der Waals surface area (Å²) >= 11 is 1.79. The molecule has 17 heavy (non-hydrogen) atoms. The third-order valence-electron chi connectivity index (χ3n) is 3.01. The maximum Gasteiger partial charge on any atom is 0.269 e. The topological polar surface area (TPSA) is 58.7 Å². The van der Waals surface area contributed by atoms with Crippen LogP contribution < -0.4 is 0 Å². The van der Waals surface area contributed by atoms with E-state index in [-0.39, 0.29) is 16.7 Å². The molecule has 1 saturated heterocycles. The molecule has 0 aliphatic carbocycles. The number of nitro groups is 1. The van der Waals surface area contributed by atoms with Crippen molar-refractivity contribution >= 4 is 22.6 Å². The predicted molar refractivity (Wildman–Crippen MR) is 67.3 cm³/mol. The number of nitro benzene ring substituents is 1. The highest BCUT2D eigenvalue weighted by Gasteiger charge is 2.30. The number of hydrogen-bond acceptors (Lipinski definition) is 5. The van der Waals surface area contributed by atoms with E-state index in [4.69, 9.17) is 0 Å². The highest BCUT2D eigenvalue weighted by atomic mass is 32.2. The van der Waals surface area contributed by atoms with Gasteiger partial charge in [-0.2, -0.15) is 0 Å². The highest BCUT2D eigenvalue weighted by Crippen LogP contribution is 2.32. The van der Waals surface area contributed by atoms with Crippen LogP contribution in [0, 0.1) is 10.1 Å². The molecule has 0 saturated carbocycles. The van der Waals surface area contributed by atoms with Gasteiger partial charge in [0.15, 0.2) is 5.17 Å². The first-order valence-electron chi connectivity index (χ1n) is 5.44. The molecule has 1 fully saturated rings. The molecule has 3 rings (SSSR count). The number of aliphatic imine (C=N–C) groups is 1. The number of thioether (sulfide) groups is 1. The largest absolute Gasteiger partial charge is 0.348 e. The van der Waals surface area contributed by atoms with Gasteiger partial charge in [0.2, 0.25) is 0 Å². The van der Waals surface area contributed by atoms with Gasteiger partial charge in [-0.05, 0) is 17.7 Å². The van der Waals surface area contributed by atoms with Crippen LogP contribution >= 0.6 is 11.8 Å². The van der Waals surface area contributed by atoms with Gasteiger partial charge in [-0.15, -0.1) is 0 Å². The van der Waals surface area contributed by atoms with Crippen molar-refractivity contribution in [2.24, 2.45) is 4.99 Å². The molecule has 1 aromatic carbocycles. The third kappa shape index (κ3) is 1.88. The maximum absolute atomic E-state index is 10.6. The molecule has 6 heteroatoms. The van der Waals surface area contributed by atoms with Crippen LogP contribution in [-0.4, -0.2) is 33.8 Å². The van der Waals surface area contributed by atoms with Crippen molar-refractivity contribution in [2.45, 2.75) is 6.04 Å². The Morgan fingerprint density at radius 1 is 1.41 bits per heavy atom. The first kappa shape index (κ1) is 10.6. The van der Waals surface area contributed by atoms with Crippen LogP contribution in [0.5, 0.6) is 0 Å². The second-order valence-electron chi connectivity index (χ2n) is 4.07. The van der Waals surface area contributed by atoms with Gasteiger partial charge in [0.1, 0.15) is 0 Å². The van der Waals surface area contributed by atoms with Gasteiger partial charge in [-0.3, -0.25) is 15.1 Å². The average molecular weight is 249 g/mol. The Kier molecular flexibility index (Phi) is 2.51. The lowest BCUT2D eigenvalue weighted by atomic mass is 10.1. The van der Waals surface area contributed by atoms with Gasteiger partial charge in [0.05, 0.1) is 11.0 Å². The molecule has 0 N–H and O–H groups in total. The fourth-order valence-electron chi connectivity index (χ4n) is 2.10. The van der Waals surface area contributed by atoms with Gasteiger partial charge < -0.3 is 4.90 Å². The van der Waals surface area contributed by atoms with Crippen LogP contribution in [-0.2, 0) is 0 Å². The first-order valence-corrected chi connectivity index (χ1v) is 6.42. The smallest absolute Gasteiger partial charge is 0.269 e. The average Bonchev–Trinajstić information content (AvgIpc) is 2.89. The quantitative estimate of drug-likeness (QED) is 0.594. The second-order valence-corrected chi connectivity index (χ2v) is 5.13. The Balaban J connectivity index is 1.81. The van der Waals surface area contributed by atoms with E-state index in [2.05, 4.69) is 9.89 Å². The van der Waals surface area contributed by atoms with Gasteiger partial charge in [-0.1, -0.05) is 11.8 Å². The molecule has 0 bridgehead atoms. The van der Waals surface area contributed by atoms with Crippen molar-refractivity contribution in [3.05, 3.63) is 39.9 Å². The Hall–Kier alpha value is -1.56. The van der Waals surface area contributed by atoms with Gasteiger partial charge in [0.25, 0.3) is 5.69 Å². The number of fused-ring (bicyclic) bond motifs is 1. The molecule has 1 atom stereocenters. The molecule has 2 aliphatic rings. The van der Waals surface area contributed by atoms with E-state index < -0.39 is 0 Å². The van der Waals surface area contributed by atoms with E-state index in [1.54, 1.807) is 36.0 Å². The maximum atomic E-state index is 10.6. The number of nitrogens with zero attached hydrogens (tertiary/aromatic N) is 3. The van der Waals surface area contributed by atoms with E-state index in [0.29, 0.717) is 0 Å². The van der Waals surface area contributed by atoms with E-state index in [9.17, 15) is 10.1 Å².